The summed E-state index contributed by atoms with van der Waals surface area (Å²) in [6, 6.07) is 0. The highest BCUT2D eigenvalue weighted by molar-refractivity contribution is 9.09. The zero-order valence-corrected chi connectivity index (χ0v) is 11.1. The van der Waals surface area contributed by atoms with Crippen molar-refractivity contribution in [2.24, 2.45) is 22.7 Å². The Bertz CT molecular complexity index is 312. The Morgan fingerprint density at radius 2 is 1.88 bits per heavy atom. The second-order valence-electron chi connectivity index (χ2n) is 6.47. The van der Waals surface area contributed by atoms with Crippen LogP contribution in [0.2, 0.25) is 0 Å². The van der Waals surface area contributed by atoms with Crippen molar-refractivity contribution >= 4 is 21.9 Å². The number of carbonyl (C=O) groups is 1. The maximum Gasteiger partial charge on any atom is 0.0476 e. The van der Waals surface area contributed by atoms with Crippen molar-refractivity contribution in [3.63, 3.8) is 0 Å². The van der Waals surface area contributed by atoms with Crippen molar-refractivity contribution in [1.29, 1.82) is 0 Å². The minimum Gasteiger partial charge on any atom is -0.550 e. The molecule has 0 unspecified atom stereocenters. The van der Waals surface area contributed by atoms with Gasteiger partial charge in [0.25, 0.3) is 0 Å². The molecule has 4 fully saturated rings. The third kappa shape index (κ3) is 1.47. The van der Waals surface area contributed by atoms with Crippen molar-refractivity contribution in [3.05, 3.63) is 0 Å². The Hall–Kier alpha value is -0.0500. The van der Waals surface area contributed by atoms with Crippen LogP contribution in [-0.4, -0.2) is 11.3 Å². The van der Waals surface area contributed by atoms with Gasteiger partial charge in [-0.2, -0.15) is 0 Å². The summed E-state index contributed by atoms with van der Waals surface area (Å²) in [6.07, 6.45) is 7.65. The van der Waals surface area contributed by atoms with E-state index in [1.54, 1.807) is 0 Å². The average Bonchev–Trinajstić information content (AvgIpc) is 2.14. The molecule has 0 radical (unpaired) electrons. The van der Waals surface area contributed by atoms with Crippen LogP contribution in [0.5, 0.6) is 0 Å². The minimum absolute atomic E-state index is 0.327. The standard InChI is InChI=1S/C13H19BrO2/c14-2-1-12-4-9-3-10(5-12)7-13(6-9,8-12)11(15)16/h9-10H,1-8H2,(H,15,16)/p-1/t9-,10-,12?,13?/m0/s1. The lowest BCUT2D eigenvalue weighted by Gasteiger charge is -2.62. The lowest BCUT2D eigenvalue weighted by atomic mass is 9.43. The molecule has 4 saturated carbocycles. The summed E-state index contributed by atoms with van der Waals surface area (Å²) >= 11 is 3.53. The molecule has 4 aliphatic rings. The number of halogens is 1. The highest BCUT2D eigenvalue weighted by Crippen LogP contribution is 2.66. The Kier molecular flexibility index (Phi) is 2.40. The van der Waals surface area contributed by atoms with E-state index >= 15 is 0 Å². The summed E-state index contributed by atoms with van der Waals surface area (Å²) in [5, 5.41) is 12.5. The summed E-state index contributed by atoms with van der Waals surface area (Å²) in [5.74, 6) is 0.567. The second kappa shape index (κ2) is 3.47. The third-order valence-electron chi connectivity index (χ3n) is 5.24. The van der Waals surface area contributed by atoms with Crippen molar-refractivity contribution in [2.75, 3.05) is 5.33 Å². The normalized spacial score (nSPS) is 49.6. The quantitative estimate of drug-likeness (QED) is 0.745. The molecule has 4 aliphatic carbocycles. The summed E-state index contributed by atoms with van der Waals surface area (Å²) in [7, 11) is 0. The molecule has 90 valence electrons. The van der Waals surface area contributed by atoms with Gasteiger partial charge in [-0.15, -0.1) is 0 Å². The molecule has 0 aromatic rings. The highest BCUT2D eigenvalue weighted by Gasteiger charge is 2.57. The van der Waals surface area contributed by atoms with Crippen LogP contribution >= 0.6 is 15.9 Å². The Labute approximate surface area is 105 Å². The summed E-state index contributed by atoms with van der Waals surface area (Å²) in [4.78, 5) is 11.5. The molecule has 0 heterocycles. The molecule has 0 aromatic carbocycles. The maximum absolute atomic E-state index is 11.5. The van der Waals surface area contributed by atoms with Crippen molar-refractivity contribution in [1.82, 2.24) is 0 Å². The number of hydrogen-bond acceptors (Lipinski definition) is 2. The summed E-state index contributed by atoms with van der Waals surface area (Å²) in [5.41, 5.74) is -0.125. The number of rotatable bonds is 3. The van der Waals surface area contributed by atoms with Crippen LogP contribution in [0.1, 0.15) is 44.9 Å². The van der Waals surface area contributed by atoms with Crippen LogP contribution in [0.25, 0.3) is 0 Å². The number of alkyl halides is 1. The molecular weight excluding hydrogens is 268 g/mol. The molecule has 0 amide bonds. The Morgan fingerprint density at radius 1 is 1.25 bits per heavy atom. The topological polar surface area (TPSA) is 40.1 Å². The largest absolute Gasteiger partial charge is 0.550 e. The van der Waals surface area contributed by atoms with E-state index in [-0.39, 0.29) is 0 Å². The lowest BCUT2D eigenvalue weighted by Crippen LogP contribution is -2.58. The van der Waals surface area contributed by atoms with Crippen LogP contribution in [0.15, 0.2) is 0 Å². The predicted molar refractivity (Wildman–Crippen MR) is 63.0 cm³/mol. The van der Waals surface area contributed by atoms with Gasteiger partial charge < -0.3 is 9.90 Å². The maximum atomic E-state index is 11.5. The van der Waals surface area contributed by atoms with E-state index in [2.05, 4.69) is 15.9 Å². The first-order valence-electron chi connectivity index (χ1n) is 6.35. The van der Waals surface area contributed by atoms with Gasteiger partial charge in [0.1, 0.15) is 0 Å². The molecular formula is C13H18BrO2-. The van der Waals surface area contributed by atoms with E-state index < -0.39 is 11.4 Å². The van der Waals surface area contributed by atoms with Crippen LogP contribution in [0.3, 0.4) is 0 Å². The summed E-state index contributed by atoms with van der Waals surface area (Å²) in [6.45, 7) is 0. The van der Waals surface area contributed by atoms with Gasteiger partial charge in [-0.1, -0.05) is 15.9 Å². The van der Waals surface area contributed by atoms with E-state index in [0.717, 1.165) is 31.0 Å². The first kappa shape index (κ1) is 11.1. The van der Waals surface area contributed by atoms with Crippen molar-refractivity contribution < 1.29 is 9.90 Å². The zero-order chi connectivity index (χ0) is 11.4. The molecule has 4 rings (SSSR count). The molecule has 2 atom stereocenters. The Balaban J connectivity index is 1.93. The van der Waals surface area contributed by atoms with Crippen molar-refractivity contribution in [2.45, 2.75) is 44.9 Å². The molecule has 4 bridgehead atoms. The van der Waals surface area contributed by atoms with E-state index in [9.17, 15) is 9.90 Å². The fourth-order valence-electron chi connectivity index (χ4n) is 5.18. The molecule has 0 aliphatic heterocycles. The molecule has 3 heteroatoms. The van der Waals surface area contributed by atoms with E-state index in [4.69, 9.17) is 0 Å². The smallest absolute Gasteiger partial charge is 0.0476 e. The van der Waals surface area contributed by atoms with Crippen LogP contribution in [-0.2, 0) is 4.79 Å². The van der Waals surface area contributed by atoms with Crippen LogP contribution in [0, 0.1) is 22.7 Å². The Morgan fingerprint density at radius 3 is 2.38 bits per heavy atom. The average molecular weight is 286 g/mol. The van der Waals surface area contributed by atoms with Gasteiger partial charge in [0.05, 0.1) is 0 Å². The fourth-order valence-corrected chi connectivity index (χ4v) is 6.03. The van der Waals surface area contributed by atoms with Gasteiger partial charge in [-0.25, -0.2) is 0 Å². The first-order chi connectivity index (χ1) is 7.57. The van der Waals surface area contributed by atoms with E-state index in [1.807, 2.05) is 0 Å². The monoisotopic (exact) mass is 285 g/mol. The number of hydrogen-bond donors (Lipinski definition) is 0. The summed E-state index contributed by atoms with van der Waals surface area (Å²) < 4.78 is 0. The second-order valence-corrected chi connectivity index (χ2v) is 7.26. The van der Waals surface area contributed by atoms with Gasteiger partial charge >= 0.3 is 0 Å². The zero-order valence-electron chi connectivity index (χ0n) is 9.51. The molecule has 0 aromatic heterocycles. The number of carboxylic acids is 1. The van der Waals surface area contributed by atoms with Gasteiger partial charge in [-0.05, 0) is 62.2 Å². The minimum atomic E-state index is -0.763. The number of aliphatic carboxylic acids is 1. The molecule has 0 saturated heterocycles. The SMILES string of the molecule is O=C([O-])C12C[C@H]3C[C@@H](CC(CCBr)(C3)C1)C2. The van der Waals surface area contributed by atoms with Gasteiger partial charge in [0, 0.05) is 16.7 Å². The van der Waals surface area contributed by atoms with E-state index in [1.165, 1.54) is 19.3 Å². The van der Waals surface area contributed by atoms with Gasteiger partial charge in [0.15, 0.2) is 0 Å². The third-order valence-corrected chi connectivity index (χ3v) is 5.64. The molecule has 0 spiro atoms. The number of carboxylic acid groups (broad SMARTS) is 1. The van der Waals surface area contributed by atoms with Crippen LogP contribution in [0.4, 0.5) is 0 Å². The highest BCUT2D eigenvalue weighted by atomic mass is 79.9. The molecule has 2 nitrogen and oxygen atoms in total. The first-order valence-corrected chi connectivity index (χ1v) is 7.47. The van der Waals surface area contributed by atoms with Gasteiger partial charge in [-0.3, -0.25) is 0 Å². The molecule has 16 heavy (non-hydrogen) atoms. The number of carbonyl (C=O) groups excluding carboxylic acids is 1. The predicted octanol–water partition coefficient (Wildman–Crippen LogP) is 2.11. The van der Waals surface area contributed by atoms with Gasteiger partial charge in [0.2, 0.25) is 0 Å². The van der Waals surface area contributed by atoms with Crippen LogP contribution < -0.4 is 5.11 Å². The van der Waals surface area contributed by atoms with Crippen molar-refractivity contribution in [3.8, 4) is 0 Å². The lowest BCUT2D eigenvalue weighted by molar-refractivity contribution is -0.329. The fraction of sp³-hybridized carbons (Fsp3) is 0.923. The van der Waals surface area contributed by atoms with E-state index in [0.29, 0.717) is 17.3 Å². The molecule has 0 N–H and O–H groups in total.